The number of benzene rings is 1. The molecule has 4 nitrogen and oxygen atoms in total. The molecule has 0 bridgehead atoms. The highest BCUT2D eigenvalue weighted by molar-refractivity contribution is 9.10. The van der Waals surface area contributed by atoms with E-state index in [2.05, 4.69) is 20.7 Å². The van der Waals surface area contributed by atoms with E-state index in [1.165, 1.54) is 12.1 Å². The third-order valence-corrected chi connectivity index (χ3v) is 3.57. The van der Waals surface area contributed by atoms with E-state index in [9.17, 15) is 8.42 Å². The second kappa shape index (κ2) is 6.44. The first-order chi connectivity index (χ1) is 6.56. The first-order valence-electron chi connectivity index (χ1n) is 4.01. The molecule has 0 heterocycles. The molecule has 15 heavy (non-hydrogen) atoms. The van der Waals surface area contributed by atoms with Gasteiger partial charge in [-0.05, 0) is 24.3 Å². The molecule has 1 aromatic rings. The number of halogens is 2. The Morgan fingerprint density at radius 1 is 1.27 bits per heavy atom. The molecular weight excluding hydrogens is 304 g/mol. The molecule has 0 aliphatic heterocycles. The van der Waals surface area contributed by atoms with Crippen molar-refractivity contribution in [2.75, 3.05) is 13.1 Å². The first-order valence-corrected chi connectivity index (χ1v) is 6.29. The average molecular weight is 316 g/mol. The minimum atomic E-state index is -3.39. The third-order valence-electron chi connectivity index (χ3n) is 1.56. The molecule has 0 aliphatic rings. The van der Waals surface area contributed by atoms with E-state index in [1.54, 1.807) is 12.1 Å². The van der Waals surface area contributed by atoms with Crippen LogP contribution in [0.5, 0.6) is 0 Å². The van der Waals surface area contributed by atoms with Crippen LogP contribution < -0.4 is 10.5 Å². The zero-order valence-electron chi connectivity index (χ0n) is 7.81. The van der Waals surface area contributed by atoms with E-state index < -0.39 is 10.0 Å². The Morgan fingerprint density at radius 2 is 1.80 bits per heavy atom. The van der Waals surface area contributed by atoms with Gasteiger partial charge in [0.15, 0.2) is 0 Å². The van der Waals surface area contributed by atoms with E-state index in [1.807, 2.05) is 0 Å². The molecular formula is C8H12BrClN2O2S. The van der Waals surface area contributed by atoms with Crippen LogP contribution in [0.1, 0.15) is 0 Å². The minimum absolute atomic E-state index is 0. The van der Waals surface area contributed by atoms with E-state index in [-0.39, 0.29) is 30.4 Å². The lowest BCUT2D eigenvalue weighted by Crippen LogP contribution is -2.29. The molecule has 86 valence electrons. The van der Waals surface area contributed by atoms with Gasteiger partial charge in [0.05, 0.1) is 4.90 Å². The average Bonchev–Trinajstić information content (AvgIpc) is 2.16. The maximum Gasteiger partial charge on any atom is 0.240 e. The Labute approximate surface area is 104 Å². The number of rotatable bonds is 4. The van der Waals surface area contributed by atoms with Crippen molar-refractivity contribution in [3.05, 3.63) is 28.7 Å². The minimum Gasteiger partial charge on any atom is -0.329 e. The molecule has 0 amide bonds. The molecule has 0 radical (unpaired) electrons. The summed E-state index contributed by atoms with van der Waals surface area (Å²) in [5, 5.41) is 0. The summed E-state index contributed by atoms with van der Waals surface area (Å²) < 4.78 is 26.3. The number of sulfonamides is 1. The van der Waals surface area contributed by atoms with Crippen LogP contribution in [0.2, 0.25) is 0 Å². The topological polar surface area (TPSA) is 72.2 Å². The van der Waals surface area contributed by atoms with Crippen LogP contribution in [0, 0.1) is 0 Å². The van der Waals surface area contributed by atoms with Gasteiger partial charge in [-0.1, -0.05) is 15.9 Å². The van der Waals surface area contributed by atoms with Crippen molar-refractivity contribution in [2.24, 2.45) is 5.73 Å². The highest BCUT2D eigenvalue weighted by Crippen LogP contribution is 2.13. The summed E-state index contributed by atoms with van der Waals surface area (Å²) >= 11 is 3.23. The van der Waals surface area contributed by atoms with Gasteiger partial charge in [-0.3, -0.25) is 0 Å². The summed E-state index contributed by atoms with van der Waals surface area (Å²) in [6, 6.07) is 6.42. The predicted octanol–water partition coefficient (Wildman–Crippen LogP) is 1.11. The van der Waals surface area contributed by atoms with Crippen LogP contribution in [0.3, 0.4) is 0 Å². The third kappa shape index (κ3) is 4.48. The number of nitrogens with two attached hydrogens (primary N) is 1. The van der Waals surface area contributed by atoms with Gasteiger partial charge in [-0.15, -0.1) is 12.4 Å². The van der Waals surface area contributed by atoms with Crippen LogP contribution in [0.25, 0.3) is 0 Å². The molecule has 0 aromatic heterocycles. The van der Waals surface area contributed by atoms with Crippen molar-refractivity contribution in [2.45, 2.75) is 4.90 Å². The fourth-order valence-electron chi connectivity index (χ4n) is 0.890. The van der Waals surface area contributed by atoms with Gasteiger partial charge in [-0.2, -0.15) is 0 Å². The summed E-state index contributed by atoms with van der Waals surface area (Å²) in [5.41, 5.74) is 5.20. The highest BCUT2D eigenvalue weighted by atomic mass is 79.9. The Balaban J connectivity index is 0.00000196. The number of nitrogens with one attached hydrogen (secondary N) is 1. The molecule has 3 N–H and O–H groups in total. The van der Waals surface area contributed by atoms with Gasteiger partial charge >= 0.3 is 0 Å². The summed E-state index contributed by atoms with van der Waals surface area (Å²) in [4.78, 5) is 0.245. The van der Waals surface area contributed by atoms with Crippen molar-refractivity contribution < 1.29 is 8.42 Å². The number of hydrogen-bond donors (Lipinski definition) is 2. The molecule has 0 atom stereocenters. The molecule has 0 spiro atoms. The predicted molar refractivity (Wildman–Crippen MR) is 65.6 cm³/mol. The van der Waals surface area contributed by atoms with Gasteiger partial charge < -0.3 is 5.73 Å². The summed E-state index contributed by atoms with van der Waals surface area (Å²) in [5.74, 6) is 0. The monoisotopic (exact) mass is 314 g/mol. The maximum absolute atomic E-state index is 11.5. The molecule has 7 heteroatoms. The normalized spacial score (nSPS) is 10.8. The maximum atomic E-state index is 11.5. The van der Waals surface area contributed by atoms with Gasteiger partial charge in [0.2, 0.25) is 10.0 Å². The molecule has 0 saturated heterocycles. The zero-order chi connectivity index (χ0) is 10.6. The quantitative estimate of drug-likeness (QED) is 0.874. The van der Waals surface area contributed by atoms with E-state index >= 15 is 0 Å². The van der Waals surface area contributed by atoms with Crippen LogP contribution >= 0.6 is 28.3 Å². The lowest BCUT2D eigenvalue weighted by molar-refractivity contribution is 0.582. The molecule has 0 unspecified atom stereocenters. The SMILES string of the molecule is Cl.NCCNS(=O)(=O)c1ccc(Br)cc1. The van der Waals surface area contributed by atoms with E-state index in [4.69, 9.17) is 5.73 Å². The van der Waals surface area contributed by atoms with Crippen molar-refractivity contribution in [3.8, 4) is 0 Å². The van der Waals surface area contributed by atoms with Gasteiger partial charge in [0, 0.05) is 17.6 Å². The Bertz CT molecular complexity index is 394. The van der Waals surface area contributed by atoms with Gasteiger partial charge in [0.25, 0.3) is 0 Å². The van der Waals surface area contributed by atoms with Crippen molar-refractivity contribution in [1.82, 2.24) is 4.72 Å². The zero-order valence-corrected chi connectivity index (χ0v) is 11.0. The summed E-state index contributed by atoms with van der Waals surface area (Å²) in [7, 11) is -3.39. The van der Waals surface area contributed by atoms with Gasteiger partial charge in [-0.25, -0.2) is 13.1 Å². The second-order valence-electron chi connectivity index (χ2n) is 2.64. The Morgan fingerprint density at radius 3 is 2.27 bits per heavy atom. The molecule has 1 rings (SSSR count). The smallest absolute Gasteiger partial charge is 0.240 e. The highest BCUT2D eigenvalue weighted by Gasteiger charge is 2.11. The largest absolute Gasteiger partial charge is 0.329 e. The molecule has 0 aliphatic carbocycles. The van der Waals surface area contributed by atoms with Crippen LogP contribution in [-0.4, -0.2) is 21.5 Å². The summed E-state index contributed by atoms with van der Waals surface area (Å²) in [6.07, 6.45) is 0. The molecule has 1 aromatic carbocycles. The lowest BCUT2D eigenvalue weighted by Gasteiger charge is -2.04. The molecule has 0 fully saturated rings. The fraction of sp³-hybridized carbons (Fsp3) is 0.250. The van der Waals surface area contributed by atoms with Crippen LogP contribution in [0.4, 0.5) is 0 Å². The second-order valence-corrected chi connectivity index (χ2v) is 5.32. The van der Waals surface area contributed by atoms with Crippen molar-refractivity contribution >= 4 is 38.4 Å². The molecule has 0 saturated carbocycles. The Hall–Kier alpha value is -0.140. The first kappa shape index (κ1) is 14.9. The van der Waals surface area contributed by atoms with E-state index in [0.717, 1.165) is 4.47 Å². The van der Waals surface area contributed by atoms with Crippen LogP contribution in [0.15, 0.2) is 33.6 Å². The summed E-state index contributed by atoms with van der Waals surface area (Å²) in [6.45, 7) is 0.536. The van der Waals surface area contributed by atoms with Crippen molar-refractivity contribution in [3.63, 3.8) is 0 Å². The van der Waals surface area contributed by atoms with Gasteiger partial charge in [0.1, 0.15) is 0 Å². The lowest BCUT2D eigenvalue weighted by atomic mass is 10.4. The number of hydrogen-bond acceptors (Lipinski definition) is 3. The van der Waals surface area contributed by atoms with Crippen LogP contribution in [-0.2, 0) is 10.0 Å². The fourth-order valence-corrected chi connectivity index (χ4v) is 2.20. The van der Waals surface area contributed by atoms with E-state index in [0.29, 0.717) is 0 Å². The Kier molecular flexibility index (Phi) is 6.38. The standard InChI is InChI=1S/C8H11BrN2O2S.ClH/c9-7-1-3-8(4-2-7)14(12,13)11-6-5-10;/h1-4,11H,5-6,10H2;1H. The van der Waals surface area contributed by atoms with Crippen molar-refractivity contribution in [1.29, 1.82) is 0 Å².